The minimum Gasteiger partial charge on any atom is -0.280 e. The first-order valence-corrected chi connectivity index (χ1v) is 4.81. The first kappa shape index (κ1) is 9.92. The summed E-state index contributed by atoms with van der Waals surface area (Å²) in [5.41, 5.74) is 0. The molecule has 9 heavy (non-hydrogen) atoms. The molecule has 0 aromatic carbocycles. The standard InChI is InChI=1S/C5H7Br2ClO/c1-2-5(7,3-6)4(8)9/h2-3H2,1H3. The number of carbonyl (C=O) groups excluding carboxylic acids is 1. The molecule has 0 saturated heterocycles. The molecule has 1 atom stereocenters. The summed E-state index contributed by atoms with van der Waals surface area (Å²) < 4.78 is -0.561. The van der Waals surface area contributed by atoms with Crippen LogP contribution in [0.5, 0.6) is 0 Å². The maximum Gasteiger partial charge on any atom is 0.239 e. The Labute approximate surface area is 76.4 Å². The van der Waals surface area contributed by atoms with E-state index in [1.54, 1.807) is 0 Å². The highest BCUT2D eigenvalue weighted by atomic mass is 79.9. The first-order chi connectivity index (χ1) is 4.06. The molecule has 1 nitrogen and oxygen atoms in total. The normalized spacial score (nSPS) is 16.9. The third kappa shape index (κ3) is 2.56. The Bertz CT molecular complexity index is 112. The Hall–Kier alpha value is 0.920. The molecule has 0 spiro atoms. The smallest absolute Gasteiger partial charge is 0.239 e. The molecule has 0 bridgehead atoms. The molecule has 0 radical (unpaired) electrons. The predicted molar refractivity (Wildman–Crippen MR) is 46.6 cm³/mol. The van der Waals surface area contributed by atoms with Crippen LogP contribution in [0.25, 0.3) is 0 Å². The van der Waals surface area contributed by atoms with E-state index in [9.17, 15) is 4.79 Å². The Morgan fingerprint density at radius 2 is 2.22 bits per heavy atom. The second-order valence-electron chi connectivity index (χ2n) is 1.73. The maximum atomic E-state index is 10.6. The van der Waals surface area contributed by atoms with Crippen molar-refractivity contribution in [3.63, 3.8) is 0 Å². The molecular weight excluding hydrogens is 271 g/mol. The number of carbonyl (C=O) groups is 1. The van der Waals surface area contributed by atoms with Gasteiger partial charge >= 0.3 is 0 Å². The van der Waals surface area contributed by atoms with Crippen LogP contribution in [-0.4, -0.2) is 14.9 Å². The largest absolute Gasteiger partial charge is 0.280 e. The minimum atomic E-state index is -0.561. The number of hydrogen-bond acceptors (Lipinski definition) is 1. The lowest BCUT2D eigenvalue weighted by molar-refractivity contribution is -0.113. The Morgan fingerprint density at radius 1 is 1.78 bits per heavy atom. The van der Waals surface area contributed by atoms with Crippen molar-refractivity contribution in [3.05, 3.63) is 0 Å². The summed E-state index contributed by atoms with van der Waals surface area (Å²) in [4.78, 5) is 10.6. The molecule has 0 aliphatic heterocycles. The van der Waals surface area contributed by atoms with Crippen LogP contribution >= 0.6 is 43.5 Å². The lowest BCUT2D eigenvalue weighted by Crippen LogP contribution is -2.28. The fraction of sp³-hybridized carbons (Fsp3) is 0.800. The van der Waals surface area contributed by atoms with Gasteiger partial charge in [0.05, 0.1) is 0 Å². The molecule has 0 rings (SSSR count). The summed E-state index contributed by atoms with van der Waals surface area (Å²) in [7, 11) is 0. The summed E-state index contributed by atoms with van der Waals surface area (Å²) in [5, 5.41) is 0.209. The third-order valence-electron chi connectivity index (χ3n) is 1.12. The Morgan fingerprint density at radius 3 is 2.22 bits per heavy atom. The van der Waals surface area contributed by atoms with Gasteiger partial charge in [-0.15, -0.1) is 0 Å². The zero-order chi connectivity index (χ0) is 7.49. The summed E-state index contributed by atoms with van der Waals surface area (Å²) in [6.45, 7) is 1.90. The van der Waals surface area contributed by atoms with E-state index < -0.39 is 4.32 Å². The summed E-state index contributed by atoms with van der Waals surface area (Å²) in [5.74, 6) is 0. The number of hydrogen-bond donors (Lipinski definition) is 0. The number of halogens is 3. The van der Waals surface area contributed by atoms with Crippen molar-refractivity contribution in [2.45, 2.75) is 17.7 Å². The van der Waals surface area contributed by atoms with Gasteiger partial charge in [0.2, 0.25) is 5.24 Å². The molecule has 54 valence electrons. The molecule has 0 aliphatic rings. The third-order valence-corrected chi connectivity index (χ3v) is 4.63. The zero-order valence-corrected chi connectivity index (χ0v) is 8.88. The van der Waals surface area contributed by atoms with Crippen molar-refractivity contribution in [2.75, 3.05) is 5.33 Å². The molecule has 4 heteroatoms. The molecule has 0 amide bonds. The van der Waals surface area contributed by atoms with E-state index in [-0.39, 0.29) is 5.24 Å². The van der Waals surface area contributed by atoms with Crippen LogP contribution in [0.4, 0.5) is 0 Å². The second-order valence-corrected chi connectivity index (χ2v) is 4.15. The average Bonchev–Trinajstić information content (AvgIpc) is 1.86. The minimum absolute atomic E-state index is 0.345. The highest BCUT2D eigenvalue weighted by molar-refractivity contribution is 9.12. The second kappa shape index (κ2) is 3.94. The van der Waals surface area contributed by atoms with Crippen molar-refractivity contribution in [3.8, 4) is 0 Å². The Balaban J connectivity index is 4.09. The van der Waals surface area contributed by atoms with Crippen molar-refractivity contribution < 1.29 is 4.79 Å². The van der Waals surface area contributed by atoms with Crippen LogP contribution in [0.1, 0.15) is 13.3 Å². The van der Waals surface area contributed by atoms with Crippen LogP contribution in [0.3, 0.4) is 0 Å². The predicted octanol–water partition coefficient (Wildman–Crippen LogP) is 2.69. The average molecular weight is 278 g/mol. The summed E-state index contributed by atoms with van der Waals surface area (Å²) in [6, 6.07) is 0. The molecule has 0 fully saturated rings. The van der Waals surface area contributed by atoms with Crippen molar-refractivity contribution in [1.82, 2.24) is 0 Å². The monoisotopic (exact) mass is 276 g/mol. The van der Waals surface area contributed by atoms with Gasteiger partial charge in [0, 0.05) is 5.33 Å². The van der Waals surface area contributed by atoms with Crippen LogP contribution in [0, 0.1) is 0 Å². The quantitative estimate of drug-likeness (QED) is 0.573. The van der Waals surface area contributed by atoms with Gasteiger partial charge in [-0.1, -0.05) is 38.8 Å². The molecule has 0 aliphatic carbocycles. The van der Waals surface area contributed by atoms with Crippen molar-refractivity contribution in [1.29, 1.82) is 0 Å². The molecule has 1 unspecified atom stereocenters. The highest BCUT2D eigenvalue weighted by Gasteiger charge is 2.30. The maximum absolute atomic E-state index is 10.6. The van der Waals surface area contributed by atoms with Crippen LogP contribution in [-0.2, 0) is 4.79 Å². The molecular formula is C5H7Br2ClO. The van der Waals surface area contributed by atoms with E-state index >= 15 is 0 Å². The van der Waals surface area contributed by atoms with Gasteiger partial charge < -0.3 is 0 Å². The van der Waals surface area contributed by atoms with Gasteiger partial charge in [0.25, 0.3) is 0 Å². The van der Waals surface area contributed by atoms with Gasteiger partial charge in [-0.25, -0.2) is 0 Å². The van der Waals surface area contributed by atoms with Crippen molar-refractivity contribution in [2.24, 2.45) is 0 Å². The van der Waals surface area contributed by atoms with E-state index in [4.69, 9.17) is 11.6 Å². The van der Waals surface area contributed by atoms with E-state index in [0.29, 0.717) is 11.8 Å². The van der Waals surface area contributed by atoms with Gasteiger partial charge in [0.15, 0.2) is 0 Å². The van der Waals surface area contributed by atoms with Crippen LogP contribution in [0.15, 0.2) is 0 Å². The molecule has 0 saturated carbocycles. The van der Waals surface area contributed by atoms with E-state index in [0.717, 1.165) is 0 Å². The first-order valence-electron chi connectivity index (χ1n) is 2.51. The van der Waals surface area contributed by atoms with Gasteiger partial charge in [-0.05, 0) is 18.0 Å². The van der Waals surface area contributed by atoms with Gasteiger partial charge in [-0.2, -0.15) is 0 Å². The lowest BCUT2D eigenvalue weighted by atomic mass is 10.1. The van der Waals surface area contributed by atoms with Crippen LogP contribution in [0.2, 0.25) is 0 Å². The summed E-state index contributed by atoms with van der Waals surface area (Å²) >= 11 is 11.7. The number of rotatable bonds is 3. The van der Waals surface area contributed by atoms with E-state index in [1.165, 1.54) is 0 Å². The molecule has 0 aromatic rings. The van der Waals surface area contributed by atoms with E-state index in [2.05, 4.69) is 31.9 Å². The fourth-order valence-electron chi connectivity index (χ4n) is 0.286. The van der Waals surface area contributed by atoms with Crippen LogP contribution < -0.4 is 0 Å². The lowest BCUT2D eigenvalue weighted by Gasteiger charge is -2.16. The van der Waals surface area contributed by atoms with Gasteiger partial charge in [-0.3, -0.25) is 4.79 Å². The number of alkyl halides is 2. The van der Waals surface area contributed by atoms with Crippen molar-refractivity contribution >= 4 is 48.7 Å². The zero-order valence-electron chi connectivity index (χ0n) is 4.96. The molecule has 0 heterocycles. The molecule has 0 aromatic heterocycles. The Kier molecular flexibility index (Phi) is 4.34. The summed E-state index contributed by atoms with van der Waals surface area (Å²) in [6.07, 6.45) is 0.695. The fourth-order valence-corrected chi connectivity index (χ4v) is 1.30. The SMILES string of the molecule is CCC(Br)(CBr)C(=O)Cl. The van der Waals surface area contributed by atoms with E-state index in [1.807, 2.05) is 6.92 Å². The topological polar surface area (TPSA) is 17.1 Å². The highest BCUT2D eigenvalue weighted by Crippen LogP contribution is 2.27. The van der Waals surface area contributed by atoms with Gasteiger partial charge in [0.1, 0.15) is 4.32 Å². The molecule has 0 N–H and O–H groups in total.